The second-order valence-corrected chi connectivity index (χ2v) is 12.5. The van der Waals surface area contributed by atoms with Crippen LogP contribution in [0.3, 0.4) is 0 Å². The van der Waals surface area contributed by atoms with Crippen molar-refractivity contribution in [2.45, 2.75) is 77.0 Å². The molecule has 2 aromatic carbocycles. The molecule has 2 N–H and O–H groups in total. The summed E-state index contributed by atoms with van der Waals surface area (Å²) < 4.78 is 74.8. The number of hydrogen-bond acceptors (Lipinski definition) is 10. The molecule has 13 nitrogen and oxygen atoms in total. The molecule has 1 aromatic heterocycles. The number of rotatable bonds is 12. The van der Waals surface area contributed by atoms with Crippen LogP contribution in [0.15, 0.2) is 64.3 Å². The summed E-state index contributed by atoms with van der Waals surface area (Å²) >= 11 is 0. The van der Waals surface area contributed by atoms with Crippen LogP contribution in [0.5, 0.6) is 5.75 Å². The molecule has 0 aliphatic carbocycles. The highest BCUT2D eigenvalue weighted by molar-refractivity contribution is 7.52. The molecule has 1 saturated heterocycles. The Balaban J connectivity index is 1.72. The molecule has 0 saturated carbocycles. The first-order valence-electron chi connectivity index (χ1n) is 14.1. The van der Waals surface area contributed by atoms with Gasteiger partial charge in [-0.25, -0.2) is 18.1 Å². The van der Waals surface area contributed by atoms with Gasteiger partial charge in [-0.3, -0.25) is 28.5 Å². The number of nitrogens with zero attached hydrogens (tertiary/aromatic N) is 1. The second-order valence-electron chi connectivity index (χ2n) is 10.8. The van der Waals surface area contributed by atoms with Crippen molar-refractivity contribution in [1.82, 2.24) is 14.6 Å². The van der Waals surface area contributed by atoms with Crippen molar-refractivity contribution in [2.24, 2.45) is 0 Å². The maximum atomic E-state index is 16.8. The van der Waals surface area contributed by atoms with Gasteiger partial charge in [0.15, 0.2) is 11.9 Å². The van der Waals surface area contributed by atoms with E-state index in [1.54, 1.807) is 50.2 Å². The van der Waals surface area contributed by atoms with Gasteiger partial charge in [0.1, 0.15) is 18.4 Å². The van der Waals surface area contributed by atoms with Gasteiger partial charge >= 0.3 is 25.4 Å². The third kappa shape index (κ3) is 7.50. The van der Waals surface area contributed by atoms with E-state index in [9.17, 15) is 23.7 Å². The molecule has 1 aliphatic rings. The fourth-order valence-electron chi connectivity index (χ4n) is 4.67. The van der Waals surface area contributed by atoms with E-state index in [1.165, 1.54) is 19.9 Å². The van der Waals surface area contributed by atoms with Gasteiger partial charge in [-0.05, 0) is 39.1 Å². The Morgan fingerprint density at radius 3 is 2.47 bits per heavy atom. The van der Waals surface area contributed by atoms with Gasteiger partial charge in [-0.15, -0.1) is 0 Å². The quantitative estimate of drug-likeness (QED) is 0.214. The number of esters is 2. The van der Waals surface area contributed by atoms with Crippen molar-refractivity contribution < 1.29 is 46.2 Å². The lowest BCUT2D eigenvalue weighted by atomic mass is 9.97. The Bertz CT molecular complexity index is 1720. The first kappa shape index (κ1) is 34.0. The number of aromatic amines is 1. The Hall–Kier alpha value is -3.91. The monoisotopic (exact) mass is 653 g/mol. The fraction of sp³-hybridized carbons (Fsp3) is 0.448. The van der Waals surface area contributed by atoms with Crippen molar-refractivity contribution in [3.8, 4) is 5.75 Å². The third-order valence-electron chi connectivity index (χ3n) is 6.79. The van der Waals surface area contributed by atoms with E-state index >= 15 is 8.78 Å². The average Bonchev–Trinajstić information content (AvgIpc) is 3.16. The Morgan fingerprint density at radius 2 is 1.80 bits per heavy atom. The zero-order valence-corrected chi connectivity index (χ0v) is 26.0. The number of aromatic nitrogens is 2. The molecule has 16 heteroatoms. The molecule has 1 aliphatic heterocycles. The van der Waals surface area contributed by atoms with E-state index in [2.05, 4.69) is 5.09 Å². The van der Waals surface area contributed by atoms with Gasteiger partial charge in [0.2, 0.25) is 6.10 Å². The lowest BCUT2D eigenvalue weighted by Gasteiger charge is -2.30. The predicted molar refractivity (Wildman–Crippen MR) is 157 cm³/mol. The summed E-state index contributed by atoms with van der Waals surface area (Å²) in [4.78, 5) is 50.8. The molecule has 0 radical (unpaired) electrons. The van der Waals surface area contributed by atoms with Crippen LogP contribution in [0.1, 0.15) is 47.3 Å². The highest BCUT2D eigenvalue weighted by Crippen LogP contribution is 2.53. The van der Waals surface area contributed by atoms with Crippen molar-refractivity contribution in [3.05, 3.63) is 75.6 Å². The zero-order chi connectivity index (χ0) is 33.2. The molecule has 2 unspecified atom stereocenters. The number of alkyl halides is 2. The van der Waals surface area contributed by atoms with E-state index in [-0.39, 0.29) is 12.2 Å². The maximum Gasteiger partial charge on any atom is 0.459 e. The van der Waals surface area contributed by atoms with Gasteiger partial charge in [0.25, 0.3) is 11.4 Å². The highest BCUT2D eigenvalue weighted by atomic mass is 31.2. The number of ether oxygens (including phenoxy) is 3. The van der Waals surface area contributed by atoms with Gasteiger partial charge < -0.3 is 18.7 Å². The molecule has 45 heavy (non-hydrogen) atoms. The largest absolute Gasteiger partial charge is 0.462 e. The Labute approximate surface area is 256 Å². The van der Waals surface area contributed by atoms with Crippen LogP contribution in [-0.2, 0) is 32.9 Å². The van der Waals surface area contributed by atoms with Crippen LogP contribution in [0.25, 0.3) is 10.8 Å². The molecule has 6 atom stereocenters. The summed E-state index contributed by atoms with van der Waals surface area (Å²) in [7, 11) is -4.76. The van der Waals surface area contributed by atoms with Gasteiger partial charge in [-0.2, -0.15) is 5.09 Å². The SMILES string of the molecule is CCC(=O)O[C@H]1[C@@](C)(F)[C@H](n2ccc(=O)[nH]c2=O)O[C@]1(F)COP(=O)(NC(C)C(=O)OC(C)C)Oc1cccc2ccccc12. The van der Waals surface area contributed by atoms with Crippen LogP contribution >= 0.6 is 7.75 Å². The lowest BCUT2D eigenvalue weighted by molar-refractivity contribution is -0.214. The molecule has 1 fully saturated rings. The van der Waals surface area contributed by atoms with Crippen molar-refractivity contribution in [1.29, 1.82) is 0 Å². The number of hydrogen-bond donors (Lipinski definition) is 2. The number of nitrogens with one attached hydrogen (secondary N) is 2. The maximum absolute atomic E-state index is 16.8. The van der Waals surface area contributed by atoms with E-state index in [1.807, 2.05) is 4.98 Å². The van der Waals surface area contributed by atoms with E-state index in [0.717, 1.165) is 19.2 Å². The number of halogens is 2. The molecule has 4 rings (SSSR count). The highest BCUT2D eigenvalue weighted by Gasteiger charge is 2.68. The summed E-state index contributed by atoms with van der Waals surface area (Å²) in [6, 6.07) is 11.3. The predicted octanol–water partition coefficient (Wildman–Crippen LogP) is 4.07. The summed E-state index contributed by atoms with van der Waals surface area (Å²) in [5.41, 5.74) is -4.86. The van der Waals surface area contributed by atoms with E-state index in [4.69, 9.17) is 23.3 Å². The molecule has 0 spiro atoms. The van der Waals surface area contributed by atoms with Gasteiger partial charge in [0.05, 0.1) is 6.10 Å². The van der Waals surface area contributed by atoms with Gasteiger partial charge in [0, 0.05) is 24.1 Å². The van der Waals surface area contributed by atoms with Crippen molar-refractivity contribution >= 4 is 30.5 Å². The number of carbonyl (C=O) groups excluding carboxylic acids is 2. The number of H-pyrrole nitrogens is 1. The van der Waals surface area contributed by atoms with Crippen molar-refractivity contribution in [2.75, 3.05) is 6.61 Å². The Kier molecular flexibility index (Phi) is 9.98. The minimum absolute atomic E-state index is 0.0376. The summed E-state index contributed by atoms with van der Waals surface area (Å²) in [6.45, 7) is 5.37. The zero-order valence-electron chi connectivity index (χ0n) is 25.2. The van der Waals surface area contributed by atoms with Crippen LogP contribution in [-0.4, -0.2) is 57.9 Å². The molecule has 244 valence electrons. The minimum atomic E-state index is -4.76. The van der Waals surface area contributed by atoms with E-state index in [0.29, 0.717) is 15.3 Å². The molecular formula is C29H34F2N3O10P. The smallest absolute Gasteiger partial charge is 0.459 e. The summed E-state index contributed by atoms with van der Waals surface area (Å²) in [5.74, 6) is -5.17. The van der Waals surface area contributed by atoms with Crippen LogP contribution in [0, 0.1) is 0 Å². The van der Waals surface area contributed by atoms with Crippen LogP contribution < -0.4 is 20.9 Å². The molecule has 0 bridgehead atoms. The average molecular weight is 654 g/mol. The molecular weight excluding hydrogens is 619 g/mol. The van der Waals surface area contributed by atoms with Crippen molar-refractivity contribution in [3.63, 3.8) is 0 Å². The molecule has 2 heterocycles. The summed E-state index contributed by atoms with van der Waals surface area (Å²) in [6.07, 6.45) is -4.34. The second kappa shape index (κ2) is 13.2. The number of fused-ring (bicyclic) bond motifs is 1. The third-order valence-corrected chi connectivity index (χ3v) is 8.40. The first-order valence-corrected chi connectivity index (χ1v) is 15.6. The van der Waals surface area contributed by atoms with E-state index < -0.39 is 73.5 Å². The van der Waals surface area contributed by atoms with Gasteiger partial charge in [-0.1, -0.05) is 43.3 Å². The molecule has 0 amide bonds. The van der Waals surface area contributed by atoms with Crippen LogP contribution in [0.4, 0.5) is 8.78 Å². The first-order chi connectivity index (χ1) is 21.1. The topological polar surface area (TPSA) is 164 Å². The van der Waals surface area contributed by atoms with Crippen LogP contribution in [0.2, 0.25) is 0 Å². The minimum Gasteiger partial charge on any atom is -0.462 e. The number of carbonyl (C=O) groups is 2. The lowest BCUT2D eigenvalue weighted by Crippen LogP contribution is -2.50. The number of benzene rings is 2. The Morgan fingerprint density at radius 1 is 1.11 bits per heavy atom. The normalized spacial score (nSPS) is 25.1. The standard InChI is InChI=1S/C29H34F2N3O10P/c1-6-23(36)42-25-28(5,30)26(34-15-14-22(35)32-27(34)38)43-29(25,31)16-40-45(39,33-18(4)24(37)41-17(2)3)44-21-13-9-11-19-10-7-8-12-20(19)21/h7-15,17-18,25-26H,6,16H2,1-5H3,(H,33,39)(H,32,35,38)/t18?,25-,26+,28+,29+,45?/m0/s1. The molecule has 3 aromatic rings. The fourth-order valence-corrected chi connectivity index (χ4v) is 6.20. The summed E-state index contributed by atoms with van der Waals surface area (Å²) in [5, 5.41) is 3.61.